The Labute approximate surface area is 136 Å². The molecule has 0 saturated heterocycles. The number of carbonyl (C=O) groups excluding carboxylic acids is 2. The largest absolute Gasteiger partial charge is 0.497 e. The van der Waals surface area contributed by atoms with Crippen molar-refractivity contribution in [3.05, 3.63) is 35.9 Å². The topological polar surface area (TPSA) is 64.6 Å². The molecule has 124 valence electrons. The average Bonchev–Trinajstić information content (AvgIpc) is 2.59. The predicted octanol–water partition coefficient (Wildman–Crippen LogP) is 2.70. The van der Waals surface area contributed by atoms with Gasteiger partial charge in [-0.3, -0.25) is 4.79 Å². The zero-order valence-electron chi connectivity index (χ0n) is 13.4. The summed E-state index contributed by atoms with van der Waals surface area (Å²) in [6.45, 7) is -0.238. The molecular formula is C18H23NO4. The highest BCUT2D eigenvalue weighted by atomic mass is 16.5. The molecule has 0 spiro atoms. The lowest BCUT2D eigenvalue weighted by atomic mass is 9.95. The Morgan fingerprint density at radius 1 is 1.26 bits per heavy atom. The van der Waals surface area contributed by atoms with Gasteiger partial charge in [-0.15, -0.1) is 0 Å². The lowest BCUT2D eigenvalue weighted by molar-refractivity contribution is -0.144. The molecule has 0 aliphatic heterocycles. The minimum Gasteiger partial charge on any atom is -0.497 e. The summed E-state index contributed by atoms with van der Waals surface area (Å²) in [5.41, 5.74) is 0.827. The van der Waals surface area contributed by atoms with Gasteiger partial charge in [0.15, 0.2) is 6.61 Å². The Hall–Kier alpha value is -2.30. The number of hydrogen-bond donors (Lipinski definition) is 1. The van der Waals surface area contributed by atoms with Crippen molar-refractivity contribution in [2.24, 2.45) is 0 Å². The Kier molecular flexibility index (Phi) is 6.66. The van der Waals surface area contributed by atoms with Crippen molar-refractivity contribution in [3.8, 4) is 5.75 Å². The predicted molar refractivity (Wildman–Crippen MR) is 88.0 cm³/mol. The zero-order valence-corrected chi connectivity index (χ0v) is 13.4. The van der Waals surface area contributed by atoms with E-state index in [1.54, 1.807) is 19.3 Å². The highest BCUT2D eigenvalue weighted by molar-refractivity contribution is 5.89. The summed E-state index contributed by atoms with van der Waals surface area (Å²) in [4.78, 5) is 23.4. The molecule has 5 nitrogen and oxygen atoms in total. The summed E-state index contributed by atoms with van der Waals surface area (Å²) < 4.78 is 10.1. The molecule has 0 atom stereocenters. The van der Waals surface area contributed by atoms with Crippen LogP contribution in [0.4, 0.5) is 0 Å². The van der Waals surface area contributed by atoms with Crippen LogP contribution >= 0.6 is 0 Å². The van der Waals surface area contributed by atoms with Crippen molar-refractivity contribution in [1.82, 2.24) is 5.32 Å². The van der Waals surface area contributed by atoms with Gasteiger partial charge in [-0.05, 0) is 36.6 Å². The Balaban J connectivity index is 1.73. The van der Waals surface area contributed by atoms with Crippen LogP contribution in [0.5, 0.6) is 5.75 Å². The highest BCUT2D eigenvalue weighted by Crippen LogP contribution is 2.17. The van der Waals surface area contributed by atoms with Gasteiger partial charge in [0, 0.05) is 12.1 Å². The Morgan fingerprint density at radius 3 is 2.78 bits per heavy atom. The molecule has 1 N–H and O–H groups in total. The van der Waals surface area contributed by atoms with Crippen molar-refractivity contribution in [2.75, 3.05) is 13.7 Å². The van der Waals surface area contributed by atoms with E-state index >= 15 is 0 Å². The number of amides is 1. The van der Waals surface area contributed by atoms with Gasteiger partial charge in [-0.25, -0.2) is 4.79 Å². The third-order valence-electron chi connectivity index (χ3n) is 3.82. The van der Waals surface area contributed by atoms with Gasteiger partial charge < -0.3 is 14.8 Å². The first kappa shape index (κ1) is 17.1. The van der Waals surface area contributed by atoms with Gasteiger partial charge in [0.2, 0.25) is 0 Å². The molecule has 1 saturated carbocycles. The zero-order chi connectivity index (χ0) is 16.5. The van der Waals surface area contributed by atoms with E-state index in [1.165, 1.54) is 12.5 Å². The van der Waals surface area contributed by atoms with Crippen molar-refractivity contribution in [2.45, 2.75) is 38.1 Å². The molecule has 0 aromatic heterocycles. The van der Waals surface area contributed by atoms with Crippen LogP contribution in [0.15, 0.2) is 30.3 Å². The van der Waals surface area contributed by atoms with Crippen LogP contribution in [-0.4, -0.2) is 31.6 Å². The molecule has 0 radical (unpaired) electrons. The molecule has 2 rings (SSSR count). The van der Waals surface area contributed by atoms with Crippen LogP contribution in [0, 0.1) is 0 Å². The van der Waals surface area contributed by atoms with Crippen LogP contribution in [0.2, 0.25) is 0 Å². The molecule has 5 heteroatoms. The smallest absolute Gasteiger partial charge is 0.331 e. The Morgan fingerprint density at radius 2 is 2.04 bits per heavy atom. The number of hydrogen-bond acceptors (Lipinski definition) is 4. The number of ether oxygens (including phenoxy) is 2. The van der Waals surface area contributed by atoms with E-state index < -0.39 is 5.97 Å². The minimum atomic E-state index is -0.536. The SMILES string of the molecule is COc1cccc(C=CC(=O)OCC(=O)NC2CCCCC2)c1. The maximum absolute atomic E-state index is 11.7. The summed E-state index contributed by atoms with van der Waals surface area (Å²) >= 11 is 0. The quantitative estimate of drug-likeness (QED) is 0.647. The second-order valence-electron chi connectivity index (χ2n) is 5.62. The maximum atomic E-state index is 11.7. The van der Waals surface area contributed by atoms with Gasteiger partial charge in [0.25, 0.3) is 5.91 Å². The normalized spacial score (nSPS) is 15.3. The fraction of sp³-hybridized carbons (Fsp3) is 0.444. The second kappa shape index (κ2) is 8.98. The lowest BCUT2D eigenvalue weighted by Crippen LogP contribution is -2.38. The minimum absolute atomic E-state index is 0.224. The molecule has 23 heavy (non-hydrogen) atoms. The van der Waals surface area contributed by atoms with Crippen LogP contribution in [0.25, 0.3) is 6.08 Å². The summed E-state index contributed by atoms with van der Waals surface area (Å²) in [6, 6.07) is 7.54. The number of benzene rings is 1. The summed E-state index contributed by atoms with van der Waals surface area (Å²) in [6.07, 6.45) is 8.48. The maximum Gasteiger partial charge on any atom is 0.331 e. The van der Waals surface area contributed by atoms with Gasteiger partial charge in [-0.1, -0.05) is 31.4 Å². The van der Waals surface area contributed by atoms with E-state index in [-0.39, 0.29) is 18.6 Å². The third kappa shape index (κ3) is 6.14. The highest BCUT2D eigenvalue weighted by Gasteiger charge is 2.16. The molecule has 0 bridgehead atoms. The summed E-state index contributed by atoms with van der Waals surface area (Å²) in [7, 11) is 1.59. The summed E-state index contributed by atoms with van der Waals surface area (Å²) in [5, 5.41) is 2.91. The molecule has 1 fully saturated rings. The van der Waals surface area contributed by atoms with E-state index in [1.807, 2.05) is 18.2 Å². The number of rotatable bonds is 6. The first-order valence-corrected chi connectivity index (χ1v) is 7.95. The van der Waals surface area contributed by atoms with Crippen molar-refractivity contribution in [1.29, 1.82) is 0 Å². The molecule has 1 aromatic carbocycles. The van der Waals surface area contributed by atoms with Gasteiger partial charge in [0.05, 0.1) is 7.11 Å². The molecule has 1 aliphatic rings. The monoisotopic (exact) mass is 317 g/mol. The molecule has 1 amide bonds. The molecule has 1 aliphatic carbocycles. The van der Waals surface area contributed by atoms with Crippen molar-refractivity contribution < 1.29 is 19.1 Å². The van der Waals surface area contributed by atoms with Crippen molar-refractivity contribution in [3.63, 3.8) is 0 Å². The van der Waals surface area contributed by atoms with Crippen LogP contribution in [0.3, 0.4) is 0 Å². The van der Waals surface area contributed by atoms with E-state index in [4.69, 9.17) is 9.47 Å². The molecular weight excluding hydrogens is 294 g/mol. The van der Waals surface area contributed by atoms with E-state index in [0.717, 1.165) is 31.2 Å². The molecule has 0 heterocycles. The summed E-state index contributed by atoms with van der Waals surface area (Å²) in [5.74, 6) is -0.0565. The number of carbonyl (C=O) groups is 2. The number of esters is 1. The average molecular weight is 317 g/mol. The van der Waals surface area contributed by atoms with E-state index in [9.17, 15) is 9.59 Å². The fourth-order valence-corrected chi connectivity index (χ4v) is 2.61. The van der Waals surface area contributed by atoms with Crippen LogP contribution in [0.1, 0.15) is 37.7 Å². The van der Waals surface area contributed by atoms with Crippen LogP contribution in [-0.2, 0) is 14.3 Å². The fourth-order valence-electron chi connectivity index (χ4n) is 2.61. The molecule has 0 unspecified atom stereocenters. The van der Waals surface area contributed by atoms with Gasteiger partial charge >= 0.3 is 5.97 Å². The van der Waals surface area contributed by atoms with E-state index in [0.29, 0.717) is 5.75 Å². The van der Waals surface area contributed by atoms with Gasteiger partial charge in [-0.2, -0.15) is 0 Å². The van der Waals surface area contributed by atoms with Gasteiger partial charge in [0.1, 0.15) is 5.75 Å². The molecule has 1 aromatic rings. The number of methoxy groups -OCH3 is 1. The first-order chi connectivity index (χ1) is 11.2. The third-order valence-corrected chi connectivity index (χ3v) is 3.82. The Bertz CT molecular complexity index is 562. The first-order valence-electron chi connectivity index (χ1n) is 7.95. The standard InChI is InChI=1S/C18H23NO4/c1-22-16-9-5-6-14(12-16)10-11-18(21)23-13-17(20)19-15-7-3-2-4-8-15/h5-6,9-12,15H,2-4,7-8,13H2,1H3,(H,19,20). The lowest BCUT2D eigenvalue weighted by Gasteiger charge is -2.22. The number of nitrogens with one attached hydrogen (secondary N) is 1. The van der Waals surface area contributed by atoms with E-state index in [2.05, 4.69) is 5.32 Å². The van der Waals surface area contributed by atoms with Crippen molar-refractivity contribution >= 4 is 18.0 Å². The second-order valence-corrected chi connectivity index (χ2v) is 5.62. The van der Waals surface area contributed by atoms with Crippen LogP contribution < -0.4 is 10.1 Å².